The van der Waals surface area contributed by atoms with Crippen molar-refractivity contribution < 1.29 is 20.1 Å². The minimum Gasteiger partial charge on any atom is -0.394 e. The predicted octanol–water partition coefficient (Wildman–Crippen LogP) is 0.744. The Balaban J connectivity index is 1.93. The van der Waals surface area contributed by atoms with Gasteiger partial charge in [0.1, 0.15) is 35.6 Å². The van der Waals surface area contributed by atoms with Crippen LogP contribution in [0.1, 0.15) is 13.2 Å². The molecule has 9 heteroatoms. The lowest BCUT2D eigenvalue weighted by molar-refractivity contribution is -0.0948. The van der Waals surface area contributed by atoms with Crippen LogP contribution in [-0.4, -0.2) is 54.3 Å². The Bertz CT molecular complexity index is 908. The summed E-state index contributed by atoms with van der Waals surface area (Å²) < 4.78 is 7.36. The number of anilines is 1. The number of nitrogens with zero attached hydrogens (tertiary/aromatic N) is 3. The molecule has 132 valence electrons. The Morgan fingerprint density at radius 1 is 1.44 bits per heavy atom. The molecule has 1 aliphatic rings. The monoisotopic (exact) mass is 362 g/mol. The van der Waals surface area contributed by atoms with Crippen LogP contribution in [0.2, 0.25) is 0 Å². The van der Waals surface area contributed by atoms with E-state index in [9.17, 15) is 15.3 Å². The normalized spacial score (nSPS) is 29.5. The van der Waals surface area contributed by atoms with Gasteiger partial charge in [-0.25, -0.2) is 9.97 Å². The Hall–Kier alpha value is -2.04. The minimum absolute atomic E-state index is 0.323. The largest absolute Gasteiger partial charge is 0.394 e. The van der Waals surface area contributed by atoms with Crippen LogP contribution in [0.5, 0.6) is 0 Å². The molecule has 4 rings (SSSR count). The van der Waals surface area contributed by atoms with E-state index < -0.39 is 30.6 Å². The molecule has 4 atom stereocenters. The summed E-state index contributed by atoms with van der Waals surface area (Å²) in [6.45, 7) is 1.07. The van der Waals surface area contributed by atoms with Gasteiger partial charge in [0.15, 0.2) is 6.23 Å². The highest BCUT2D eigenvalue weighted by Gasteiger charge is 2.53. The van der Waals surface area contributed by atoms with Gasteiger partial charge in [0.25, 0.3) is 0 Å². The second-order valence-electron chi connectivity index (χ2n) is 6.26. The summed E-state index contributed by atoms with van der Waals surface area (Å²) in [5.41, 5.74) is 5.78. The van der Waals surface area contributed by atoms with Gasteiger partial charge in [0, 0.05) is 16.6 Å². The van der Waals surface area contributed by atoms with E-state index in [1.165, 1.54) is 13.3 Å². The molecule has 4 unspecified atom stereocenters. The molecule has 0 radical (unpaired) electrons. The zero-order chi connectivity index (χ0) is 17.8. The Labute approximate surface area is 147 Å². The average Bonchev–Trinajstić information content (AvgIpc) is 3.27. The van der Waals surface area contributed by atoms with Gasteiger partial charge in [0.05, 0.1) is 12.0 Å². The quantitative estimate of drug-likeness (QED) is 0.541. The fourth-order valence-electron chi connectivity index (χ4n) is 3.30. The van der Waals surface area contributed by atoms with Crippen LogP contribution in [0.3, 0.4) is 0 Å². The third-order valence-electron chi connectivity index (χ3n) is 4.61. The highest BCUT2D eigenvalue weighted by atomic mass is 32.1. The lowest BCUT2D eigenvalue weighted by Crippen LogP contribution is -2.44. The first-order chi connectivity index (χ1) is 11.9. The van der Waals surface area contributed by atoms with E-state index >= 15 is 0 Å². The molecule has 0 saturated carbocycles. The average molecular weight is 362 g/mol. The summed E-state index contributed by atoms with van der Waals surface area (Å²) >= 11 is 1.54. The molecule has 0 aromatic carbocycles. The Morgan fingerprint density at radius 3 is 2.88 bits per heavy atom. The smallest absolute Gasteiger partial charge is 0.167 e. The van der Waals surface area contributed by atoms with E-state index in [0.29, 0.717) is 16.9 Å². The summed E-state index contributed by atoms with van der Waals surface area (Å²) in [6, 6.07) is 3.88. The van der Waals surface area contributed by atoms with Crippen LogP contribution in [0, 0.1) is 0 Å². The zero-order valence-corrected chi connectivity index (χ0v) is 14.2. The van der Waals surface area contributed by atoms with Crippen molar-refractivity contribution in [3.05, 3.63) is 30.0 Å². The zero-order valence-electron chi connectivity index (χ0n) is 13.4. The van der Waals surface area contributed by atoms with Gasteiger partial charge >= 0.3 is 0 Å². The summed E-state index contributed by atoms with van der Waals surface area (Å²) in [5.74, 6) is 0.323. The molecule has 8 nitrogen and oxygen atoms in total. The molecule has 0 amide bonds. The van der Waals surface area contributed by atoms with Crippen molar-refractivity contribution in [1.29, 1.82) is 0 Å². The first-order valence-corrected chi connectivity index (χ1v) is 8.64. The van der Waals surface area contributed by atoms with Crippen molar-refractivity contribution in [3.63, 3.8) is 0 Å². The van der Waals surface area contributed by atoms with Crippen LogP contribution >= 0.6 is 11.3 Å². The summed E-state index contributed by atoms with van der Waals surface area (Å²) in [5, 5.41) is 33.0. The molecule has 4 heterocycles. The fraction of sp³-hybridized carbons (Fsp3) is 0.375. The van der Waals surface area contributed by atoms with Crippen LogP contribution in [0.4, 0.5) is 5.82 Å². The second-order valence-corrected chi connectivity index (χ2v) is 7.21. The molecule has 0 spiro atoms. The second kappa shape index (κ2) is 5.75. The lowest BCUT2D eigenvalue weighted by Gasteiger charge is -2.27. The highest BCUT2D eigenvalue weighted by molar-refractivity contribution is 7.13. The molecule has 0 aliphatic carbocycles. The third-order valence-corrected chi connectivity index (χ3v) is 5.52. The number of aromatic nitrogens is 3. The number of aliphatic hydroxyl groups is 3. The summed E-state index contributed by atoms with van der Waals surface area (Å²) in [4.78, 5) is 9.34. The fourth-order valence-corrected chi connectivity index (χ4v) is 4.04. The van der Waals surface area contributed by atoms with Crippen molar-refractivity contribution in [3.8, 4) is 10.4 Å². The number of nitrogens with two attached hydrogens (primary N) is 1. The first kappa shape index (κ1) is 16.4. The van der Waals surface area contributed by atoms with E-state index in [-0.39, 0.29) is 0 Å². The van der Waals surface area contributed by atoms with Crippen molar-refractivity contribution in [2.45, 2.75) is 31.0 Å². The molecule has 3 aromatic heterocycles. The molecule has 3 aromatic rings. The topological polar surface area (TPSA) is 127 Å². The molecule has 0 bridgehead atoms. The van der Waals surface area contributed by atoms with Crippen molar-refractivity contribution in [1.82, 2.24) is 14.5 Å². The van der Waals surface area contributed by atoms with Crippen molar-refractivity contribution in [2.75, 3.05) is 12.3 Å². The highest BCUT2D eigenvalue weighted by Crippen LogP contribution is 2.43. The number of nitrogen functional groups attached to an aromatic ring is 1. The predicted molar refractivity (Wildman–Crippen MR) is 92.9 cm³/mol. The number of hydrogen-bond donors (Lipinski definition) is 4. The van der Waals surface area contributed by atoms with E-state index in [1.54, 1.807) is 22.1 Å². The van der Waals surface area contributed by atoms with Crippen molar-refractivity contribution in [2.24, 2.45) is 0 Å². The van der Waals surface area contributed by atoms with Crippen LogP contribution in [0.15, 0.2) is 30.0 Å². The van der Waals surface area contributed by atoms with E-state index in [2.05, 4.69) is 9.97 Å². The van der Waals surface area contributed by atoms with Gasteiger partial charge in [-0.3, -0.25) is 0 Å². The first-order valence-electron chi connectivity index (χ1n) is 7.76. The van der Waals surface area contributed by atoms with Gasteiger partial charge < -0.3 is 30.4 Å². The number of hydrogen-bond acceptors (Lipinski definition) is 8. The maximum atomic E-state index is 10.8. The standard InChI is InChI=1S/C16H18N4O4S/c1-16(23)12(22)9(6-21)24-15(16)20-5-8(10-3-2-4-25-10)11-13(17)18-7-19-14(11)20/h2-5,7,9,12,15,21-23H,6H2,1H3,(H2,17,18,19). The van der Waals surface area contributed by atoms with Gasteiger partial charge in [-0.1, -0.05) is 6.07 Å². The molecule has 1 fully saturated rings. The summed E-state index contributed by atoms with van der Waals surface area (Å²) in [6.07, 6.45) is 0.0830. The van der Waals surface area contributed by atoms with Crippen LogP contribution < -0.4 is 5.73 Å². The van der Waals surface area contributed by atoms with Gasteiger partial charge in [-0.2, -0.15) is 0 Å². The molecule has 25 heavy (non-hydrogen) atoms. The third kappa shape index (κ3) is 2.35. The van der Waals surface area contributed by atoms with Crippen LogP contribution in [0.25, 0.3) is 21.5 Å². The van der Waals surface area contributed by atoms with Gasteiger partial charge in [-0.05, 0) is 18.4 Å². The molecular formula is C16H18N4O4S. The maximum Gasteiger partial charge on any atom is 0.167 e. The number of fused-ring (bicyclic) bond motifs is 1. The number of thiophene rings is 1. The Morgan fingerprint density at radius 2 is 2.24 bits per heavy atom. The number of aliphatic hydroxyl groups excluding tert-OH is 2. The van der Waals surface area contributed by atoms with E-state index in [4.69, 9.17) is 10.5 Å². The lowest BCUT2D eigenvalue weighted by atomic mass is 9.96. The van der Waals surface area contributed by atoms with E-state index in [0.717, 1.165) is 10.4 Å². The van der Waals surface area contributed by atoms with Gasteiger partial charge in [0.2, 0.25) is 0 Å². The molecule has 1 aliphatic heterocycles. The van der Waals surface area contributed by atoms with E-state index in [1.807, 2.05) is 17.5 Å². The van der Waals surface area contributed by atoms with Crippen LogP contribution in [-0.2, 0) is 4.74 Å². The maximum absolute atomic E-state index is 10.8. The number of ether oxygens (including phenoxy) is 1. The SMILES string of the molecule is CC1(O)C(O)C(CO)OC1n1cc(-c2cccs2)c2c(N)ncnc21. The van der Waals surface area contributed by atoms with Crippen molar-refractivity contribution >= 4 is 28.2 Å². The minimum atomic E-state index is -1.61. The molecular weight excluding hydrogens is 344 g/mol. The molecule has 5 N–H and O–H groups in total. The summed E-state index contributed by atoms with van der Waals surface area (Å²) in [7, 11) is 0. The number of rotatable bonds is 3. The molecule has 1 saturated heterocycles. The van der Waals surface area contributed by atoms with Gasteiger partial charge in [-0.15, -0.1) is 11.3 Å². The Kier molecular flexibility index (Phi) is 3.78.